The van der Waals surface area contributed by atoms with Crippen molar-refractivity contribution in [1.29, 1.82) is 0 Å². The van der Waals surface area contributed by atoms with Crippen molar-refractivity contribution >= 4 is 37.2 Å². The van der Waals surface area contributed by atoms with E-state index in [2.05, 4.69) is 19.9 Å². The molecule has 0 radical (unpaired) electrons. The fourth-order valence-electron chi connectivity index (χ4n) is 0.799. The number of hydrogen-bond donors (Lipinski definition) is 0. The fourth-order valence-corrected chi connectivity index (χ4v) is 1.87. The zero-order chi connectivity index (χ0) is 6.15. The largest absolute Gasteiger partial charge is 0.147 e. The standard InChI is InChI=1S/C7H9.3ClH.Hf/c1-6-4-3-5-7(6)2;;;;/h4H,3H2,1-2H3;3*1H;. The zero-order valence-corrected chi connectivity index (χ0v) is 12.6. The summed E-state index contributed by atoms with van der Waals surface area (Å²) in [5, 5.41) is 0. The van der Waals surface area contributed by atoms with Crippen LogP contribution >= 0.6 is 37.2 Å². The average molecular weight is 381 g/mol. The maximum absolute atomic E-state index is 2.32. The van der Waals surface area contributed by atoms with Crippen LogP contribution in [0.3, 0.4) is 0 Å². The molecular weight excluding hydrogens is 369 g/mol. The Morgan fingerprint density at radius 3 is 1.73 bits per heavy atom. The van der Waals surface area contributed by atoms with Crippen molar-refractivity contribution in [3.8, 4) is 0 Å². The van der Waals surface area contributed by atoms with E-state index in [0.29, 0.717) is 0 Å². The van der Waals surface area contributed by atoms with Crippen molar-refractivity contribution in [3.05, 3.63) is 20.6 Å². The fraction of sp³-hybridized carbons (Fsp3) is 0.429. The van der Waals surface area contributed by atoms with E-state index in [1.165, 1.54) is 36.4 Å². The van der Waals surface area contributed by atoms with Crippen LogP contribution in [0, 0.1) is 0 Å². The van der Waals surface area contributed by atoms with Crippen LogP contribution in [0.15, 0.2) is 20.6 Å². The van der Waals surface area contributed by atoms with Crippen LogP contribution < -0.4 is 0 Å². The van der Waals surface area contributed by atoms with Crippen molar-refractivity contribution in [2.24, 2.45) is 0 Å². The topological polar surface area (TPSA) is 0 Å². The maximum atomic E-state index is 2.32. The monoisotopic (exact) mass is 381 g/mol. The number of rotatable bonds is 0. The molecule has 0 aromatic carbocycles. The first kappa shape index (κ1) is 18.1. The molecule has 0 spiro atoms. The molecular formula is C7H12Cl3Hf. The van der Waals surface area contributed by atoms with E-state index in [-0.39, 0.29) is 37.2 Å². The van der Waals surface area contributed by atoms with Gasteiger partial charge in [0.25, 0.3) is 0 Å². The molecule has 0 saturated carbocycles. The van der Waals surface area contributed by atoms with E-state index in [9.17, 15) is 0 Å². The summed E-state index contributed by atoms with van der Waals surface area (Å²) in [7, 11) is 0. The molecule has 0 nitrogen and oxygen atoms in total. The minimum absolute atomic E-state index is 0. The van der Waals surface area contributed by atoms with Crippen molar-refractivity contribution in [3.63, 3.8) is 0 Å². The van der Waals surface area contributed by atoms with Crippen LogP contribution in [-0.2, 0) is 24.4 Å². The second kappa shape index (κ2) is 7.85. The van der Waals surface area contributed by atoms with Crippen molar-refractivity contribution in [2.45, 2.75) is 20.3 Å². The van der Waals surface area contributed by atoms with Gasteiger partial charge >= 0.3 is 65.2 Å². The van der Waals surface area contributed by atoms with Gasteiger partial charge in [0, 0.05) is 0 Å². The van der Waals surface area contributed by atoms with Crippen LogP contribution in [-0.4, -0.2) is 0 Å². The second-order valence-corrected chi connectivity index (χ2v) is 4.36. The van der Waals surface area contributed by atoms with Gasteiger partial charge in [-0.3, -0.25) is 0 Å². The summed E-state index contributed by atoms with van der Waals surface area (Å²) < 4.78 is 1.67. The van der Waals surface area contributed by atoms with Gasteiger partial charge in [-0.25, -0.2) is 0 Å². The third-order valence-electron chi connectivity index (χ3n) is 1.66. The Balaban J connectivity index is -0.000000213. The van der Waals surface area contributed by atoms with Gasteiger partial charge in [-0.05, 0) is 0 Å². The van der Waals surface area contributed by atoms with E-state index < -0.39 is 0 Å². The Morgan fingerprint density at radius 1 is 1.18 bits per heavy atom. The summed E-state index contributed by atoms with van der Waals surface area (Å²) in [5.41, 5.74) is 3.05. The van der Waals surface area contributed by atoms with Gasteiger partial charge in [0.15, 0.2) is 0 Å². The molecule has 1 rings (SSSR count). The molecule has 1 aliphatic rings. The molecule has 0 aliphatic heterocycles. The van der Waals surface area contributed by atoms with Gasteiger partial charge in [0.05, 0.1) is 0 Å². The van der Waals surface area contributed by atoms with Crippen LogP contribution in [0.2, 0.25) is 0 Å². The normalized spacial score (nSPS) is 14.1. The minimum atomic E-state index is 0. The summed E-state index contributed by atoms with van der Waals surface area (Å²) >= 11 is 1.25. The van der Waals surface area contributed by atoms with Gasteiger partial charge in [0.2, 0.25) is 0 Å². The first-order valence-electron chi connectivity index (χ1n) is 2.80. The minimum Gasteiger partial charge on any atom is -0.147 e. The SMILES string of the molecule is CC1=CC[C]([Hf])=C1C.Cl.Cl.Cl. The van der Waals surface area contributed by atoms with E-state index in [1.54, 1.807) is 8.90 Å². The van der Waals surface area contributed by atoms with E-state index in [0.717, 1.165) is 0 Å². The number of hydrogen-bond acceptors (Lipinski definition) is 0. The molecule has 0 aromatic heterocycles. The smallest absolute Gasteiger partial charge is 0.147 e. The van der Waals surface area contributed by atoms with Crippen LogP contribution in [0.4, 0.5) is 0 Å². The first-order valence-corrected chi connectivity index (χ1v) is 4.60. The van der Waals surface area contributed by atoms with Gasteiger partial charge in [-0.2, -0.15) is 0 Å². The quantitative estimate of drug-likeness (QED) is 0.565. The number of allylic oxidation sites excluding steroid dienone is 4. The molecule has 0 unspecified atom stereocenters. The Bertz CT molecular complexity index is 167. The van der Waals surface area contributed by atoms with Gasteiger partial charge in [-0.15, -0.1) is 37.2 Å². The van der Waals surface area contributed by atoms with E-state index >= 15 is 0 Å². The Morgan fingerprint density at radius 2 is 1.64 bits per heavy atom. The third kappa shape index (κ3) is 4.72. The summed E-state index contributed by atoms with van der Waals surface area (Å²) in [5.74, 6) is 0. The molecule has 0 bridgehead atoms. The molecule has 0 heterocycles. The zero-order valence-electron chi connectivity index (χ0n) is 6.51. The molecule has 0 N–H and O–H groups in total. The van der Waals surface area contributed by atoms with Crippen LogP contribution in [0.25, 0.3) is 0 Å². The van der Waals surface area contributed by atoms with E-state index in [1.807, 2.05) is 0 Å². The first-order chi connectivity index (χ1) is 3.72. The molecule has 0 saturated heterocycles. The third-order valence-corrected chi connectivity index (χ3v) is 3.74. The number of halogens is 3. The Kier molecular flexibility index (Phi) is 12.9. The summed E-state index contributed by atoms with van der Waals surface area (Å²) in [6.45, 7) is 4.42. The van der Waals surface area contributed by atoms with Crippen molar-refractivity contribution in [1.82, 2.24) is 0 Å². The molecule has 4 heteroatoms. The second-order valence-electron chi connectivity index (χ2n) is 2.19. The maximum Gasteiger partial charge on any atom is -0.147 e. The molecule has 1 aliphatic carbocycles. The molecule has 0 amide bonds. The average Bonchev–Trinajstić information content (AvgIpc) is 1.98. The summed E-state index contributed by atoms with van der Waals surface area (Å²) in [6, 6.07) is 0. The molecule has 65 valence electrons. The van der Waals surface area contributed by atoms with Crippen LogP contribution in [0.1, 0.15) is 20.3 Å². The predicted molar refractivity (Wildman–Crippen MR) is 52.8 cm³/mol. The molecule has 0 aromatic rings. The van der Waals surface area contributed by atoms with Gasteiger partial charge < -0.3 is 0 Å². The van der Waals surface area contributed by atoms with Crippen molar-refractivity contribution < 1.29 is 24.4 Å². The predicted octanol–water partition coefficient (Wildman–Crippen LogP) is 3.42. The van der Waals surface area contributed by atoms with Crippen molar-refractivity contribution in [2.75, 3.05) is 0 Å². The van der Waals surface area contributed by atoms with Gasteiger partial charge in [0.1, 0.15) is 0 Å². The van der Waals surface area contributed by atoms with Crippen LogP contribution in [0.5, 0.6) is 0 Å². The molecule has 0 fully saturated rings. The summed E-state index contributed by atoms with van der Waals surface area (Å²) in [4.78, 5) is 0. The summed E-state index contributed by atoms with van der Waals surface area (Å²) in [6.07, 6.45) is 3.56. The Labute approximate surface area is 102 Å². The Hall–Kier alpha value is 1.22. The van der Waals surface area contributed by atoms with E-state index in [4.69, 9.17) is 0 Å². The van der Waals surface area contributed by atoms with Gasteiger partial charge in [-0.1, -0.05) is 0 Å². The molecule has 0 atom stereocenters. The molecule has 11 heavy (non-hydrogen) atoms.